The van der Waals surface area contributed by atoms with Crippen molar-refractivity contribution in [3.63, 3.8) is 0 Å². The van der Waals surface area contributed by atoms with Crippen LogP contribution in [0.15, 0.2) is 84.6 Å². The second-order valence-corrected chi connectivity index (χ2v) is 7.48. The molecule has 0 aliphatic carbocycles. The Morgan fingerprint density at radius 2 is 1.45 bits per heavy atom. The molecule has 3 aromatic carbocycles. The van der Waals surface area contributed by atoms with Gasteiger partial charge in [-0.25, -0.2) is 0 Å². The molecule has 1 heterocycles. The zero-order valence-electron chi connectivity index (χ0n) is 18.7. The maximum Gasteiger partial charge on any atom is 0.278 e. The van der Waals surface area contributed by atoms with E-state index >= 15 is 0 Å². The molecule has 1 aliphatic heterocycles. The van der Waals surface area contributed by atoms with E-state index in [4.69, 9.17) is 9.47 Å². The van der Waals surface area contributed by atoms with Gasteiger partial charge in [-0.1, -0.05) is 48.5 Å². The van der Waals surface area contributed by atoms with Crippen LogP contribution in [-0.4, -0.2) is 29.9 Å². The first-order valence-corrected chi connectivity index (χ1v) is 11.0. The van der Waals surface area contributed by atoms with Crippen molar-refractivity contribution in [3.8, 4) is 11.5 Å². The highest BCUT2D eigenvalue weighted by molar-refractivity contribution is 6.36. The van der Waals surface area contributed by atoms with Gasteiger partial charge in [0.1, 0.15) is 17.2 Å². The Bertz CT molecular complexity index is 1170. The van der Waals surface area contributed by atoms with E-state index in [1.165, 1.54) is 4.90 Å². The van der Waals surface area contributed by atoms with Gasteiger partial charge < -0.3 is 14.8 Å². The lowest BCUT2D eigenvalue weighted by Crippen LogP contribution is -2.31. The summed E-state index contributed by atoms with van der Waals surface area (Å²) in [7, 11) is 0. The molecular weight excluding hydrogens is 416 g/mol. The third-order valence-electron chi connectivity index (χ3n) is 5.22. The SMILES string of the molecule is CCOc1ccc(C2=C(Nc3cccc(OCC)c3)C(=O)N(Cc3ccccc3)C2=O)cc1. The van der Waals surface area contributed by atoms with E-state index in [9.17, 15) is 9.59 Å². The molecule has 1 aliphatic rings. The van der Waals surface area contributed by atoms with Gasteiger partial charge in [-0.05, 0) is 49.2 Å². The van der Waals surface area contributed by atoms with E-state index in [-0.39, 0.29) is 24.1 Å². The number of hydrogen-bond acceptors (Lipinski definition) is 5. The predicted octanol–water partition coefficient (Wildman–Crippen LogP) is 4.88. The maximum atomic E-state index is 13.5. The van der Waals surface area contributed by atoms with Gasteiger partial charge in [-0.3, -0.25) is 14.5 Å². The summed E-state index contributed by atoms with van der Waals surface area (Å²) in [6, 6.07) is 24.0. The zero-order chi connectivity index (χ0) is 23.2. The van der Waals surface area contributed by atoms with E-state index in [1.54, 1.807) is 24.3 Å². The molecule has 6 heteroatoms. The standard InChI is InChI=1S/C27H26N2O4/c1-3-32-22-15-13-20(14-16-22)24-25(28-21-11-8-12-23(17-21)33-4-2)27(31)29(26(24)30)18-19-9-6-5-7-10-19/h5-17,28H,3-4,18H2,1-2H3. The minimum Gasteiger partial charge on any atom is -0.494 e. The number of carbonyl (C=O) groups excluding carboxylic acids is 2. The molecule has 1 N–H and O–H groups in total. The molecule has 0 saturated carbocycles. The van der Waals surface area contributed by atoms with Crippen molar-refractivity contribution in [1.82, 2.24) is 4.90 Å². The number of carbonyl (C=O) groups is 2. The summed E-state index contributed by atoms with van der Waals surface area (Å²) in [5, 5.41) is 3.18. The topological polar surface area (TPSA) is 67.9 Å². The highest BCUT2D eigenvalue weighted by Gasteiger charge is 2.39. The second-order valence-electron chi connectivity index (χ2n) is 7.48. The number of nitrogens with zero attached hydrogens (tertiary/aromatic N) is 1. The number of rotatable bonds is 9. The number of imide groups is 1. The molecule has 0 aromatic heterocycles. The van der Waals surface area contributed by atoms with Crippen LogP contribution in [0, 0.1) is 0 Å². The molecule has 33 heavy (non-hydrogen) atoms. The summed E-state index contributed by atoms with van der Waals surface area (Å²) in [5.74, 6) is 0.688. The van der Waals surface area contributed by atoms with Crippen molar-refractivity contribution in [1.29, 1.82) is 0 Å². The van der Waals surface area contributed by atoms with E-state index in [0.29, 0.717) is 41.5 Å². The molecule has 168 valence electrons. The fourth-order valence-corrected chi connectivity index (χ4v) is 3.73. The van der Waals surface area contributed by atoms with Crippen LogP contribution in [0.4, 0.5) is 5.69 Å². The lowest BCUT2D eigenvalue weighted by atomic mass is 10.0. The molecular formula is C27H26N2O4. The summed E-state index contributed by atoms with van der Waals surface area (Å²) in [6.07, 6.45) is 0. The molecule has 0 fully saturated rings. The zero-order valence-corrected chi connectivity index (χ0v) is 18.7. The van der Waals surface area contributed by atoms with Crippen LogP contribution in [0.25, 0.3) is 5.57 Å². The predicted molar refractivity (Wildman–Crippen MR) is 128 cm³/mol. The Kier molecular flexibility index (Phi) is 6.74. The van der Waals surface area contributed by atoms with Crippen LogP contribution >= 0.6 is 0 Å². The molecule has 0 radical (unpaired) electrons. The Balaban J connectivity index is 1.71. The van der Waals surface area contributed by atoms with Gasteiger partial charge in [0.2, 0.25) is 0 Å². The maximum absolute atomic E-state index is 13.5. The fourth-order valence-electron chi connectivity index (χ4n) is 3.73. The van der Waals surface area contributed by atoms with Crippen molar-refractivity contribution in [2.45, 2.75) is 20.4 Å². The van der Waals surface area contributed by atoms with Crippen LogP contribution in [0.2, 0.25) is 0 Å². The van der Waals surface area contributed by atoms with Gasteiger partial charge in [-0.15, -0.1) is 0 Å². The Hall–Kier alpha value is -4.06. The van der Waals surface area contributed by atoms with Crippen molar-refractivity contribution in [3.05, 3.63) is 95.7 Å². The number of hydrogen-bond donors (Lipinski definition) is 1. The molecule has 3 aromatic rings. The third kappa shape index (κ3) is 4.90. The number of anilines is 1. The summed E-state index contributed by atoms with van der Waals surface area (Å²) in [5.41, 5.74) is 2.78. The summed E-state index contributed by atoms with van der Waals surface area (Å²) < 4.78 is 11.1. The average molecular weight is 443 g/mol. The van der Waals surface area contributed by atoms with E-state index in [2.05, 4.69) is 5.32 Å². The molecule has 6 nitrogen and oxygen atoms in total. The van der Waals surface area contributed by atoms with Crippen molar-refractivity contribution in [2.75, 3.05) is 18.5 Å². The van der Waals surface area contributed by atoms with Gasteiger partial charge >= 0.3 is 0 Å². The third-order valence-corrected chi connectivity index (χ3v) is 5.22. The largest absolute Gasteiger partial charge is 0.494 e. The number of amides is 2. The summed E-state index contributed by atoms with van der Waals surface area (Å²) in [4.78, 5) is 28.1. The molecule has 0 saturated heterocycles. The van der Waals surface area contributed by atoms with Crippen molar-refractivity contribution < 1.29 is 19.1 Å². The van der Waals surface area contributed by atoms with Crippen LogP contribution in [-0.2, 0) is 16.1 Å². The minimum atomic E-state index is -0.366. The molecule has 4 rings (SSSR count). The fraction of sp³-hybridized carbons (Fsp3) is 0.185. The lowest BCUT2D eigenvalue weighted by molar-refractivity contribution is -0.137. The van der Waals surface area contributed by atoms with Crippen LogP contribution in [0.5, 0.6) is 11.5 Å². The molecule has 0 atom stereocenters. The molecule has 2 amide bonds. The van der Waals surface area contributed by atoms with E-state index < -0.39 is 0 Å². The Labute approximate surface area is 193 Å². The highest BCUT2D eigenvalue weighted by Crippen LogP contribution is 2.33. The van der Waals surface area contributed by atoms with Gasteiger partial charge in [-0.2, -0.15) is 0 Å². The Morgan fingerprint density at radius 3 is 2.15 bits per heavy atom. The molecule has 0 spiro atoms. The molecule has 0 unspecified atom stereocenters. The van der Waals surface area contributed by atoms with Crippen molar-refractivity contribution in [2.24, 2.45) is 0 Å². The minimum absolute atomic E-state index is 0.198. The summed E-state index contributed by atoms with van der Waals surface area (Å²) >= 11 is 0. The lowest BCUT2D eigenvalue weighted by Gasteiger charge is -2.15. The van der Waals surface area contributed by atoms with Crippen LogP contribution < -0.4 is 14.8 Å². The first-order valence-electron chi connectivity index (χ1n) is 11.0. The smallest absolute Gasteiger partial charge is 0.278 e. The second kappa shape index (κ2) is 10.0. The highest BCUT2D eigenvalue weighted by atomic mass is 16.5. The Morgan fingerprint density at radius 1 is 0.758 bits per heavy atom. The van der Waals surface area contributed by atoms with Crippen molar-refractivity contribution >= 4 is 23.1 Å². The van der Waals surface area contributed by atoms with Gasteiger partial charge in [0.25, 0.3) is 11.8 Å². The first kappa shape index (κ1) is 22.1. The molecule has 0 bridgehead atoms. The van der Waals surface area contributed by atoms with Crippen LogP contribution in [0.1, 0.15) is 25.0 Å². The number of nitrogens with one attached hydrogen (secondary N) is 1. The van der Waals surface area contributed by atoms with E-state index in [1.807, 2.05) is 68.4 Å². The van der Waals surface area contributed by atoms with Gasteiger partial charge in [0.05, 0.1) is 25.3 Å². The number of ether oxygens (including phenoxy) is 2. The monoisotopic (exact) mass is 442 g/mol. The first-order chi connectivity index (χ1) is 16.1. The normalized spacial score (nSPS) is 13.5. The average Bonchev–Trinajstić information content (AvgIpc) is 3.05. The van der Waals surface area contributed by atoms with Gasteiger partial charge in [0, 0.05) is 11.8 Å². The summed E-state index contributed by atoms with van der Waals surface area (Å²) in [6.45, 7) is 5.10. The van der Waals surface area contributed by atoms with E-state index in [0.717, 1.165) is 5.56 Å². The van der Waals surface area contributed by atoms with Crippen LogP contribution in [0.3, 0.4) is 0 Å². The number of benzene rings is 3. The van der Waals surface area contributed by atoms with Gasteiger partial charge in [0.15, 0.2) is 0 Å². The quantitative estimate of drug-likeness (QED) is 0.479.